The van der Waals surface area contributed by atoms with E-state index in [1.807, 2.05) is 20.0 Å². The minimum Gasteiger partial charge on any atom is -0.477 e. The van der Waals surface area contributed by atoms with Gasteiger partial charge < -0.3 is 14.8 Å². The number of benzene rings is 1. The smallest absolute Gasteiger partial charge is 0.306 e. The molecule has 0 bridgehead atoms. The largest absolute Gasteiger partial charge is 0.477 e. The van der Waals surface area contributed by atoms with Crippen molar-refractivity contribution in [3.63, 3.8) is 0 Å². The monoisotopic (exact) mass is 560 g/mol. The second-order valence-corrected chi connectivity index (χ2v) is 13.3. The van der Waals surface area contributed by atoms with E-state index in [0.29, 0.717) is 31.9 Å². The van der Waals surface area contributed by atoms with Gasteiger partial charge in [-0.3, -0.25) is 4.79 Å². The van der Waals surface area contributed by atoms with Crippen LogP contribution in [0.2, 0.25) is 0 Å². The van der Waals surface area contributed by atoms with E-state index in [-0.39, 0.29) is 22.7 Å². The molecule has 1 aliphatic heterocycles. The molecule has 7 heteroatoms. The Bertz CT molecular complexity index is 1310. The minimum atomic E-state index is -0.185. The fourth-order valence-corrected chi connectivity index (χ4v) is 5.24. The zero-order valence-electron chi connectivity index (χ0n) is 26.3. The van der Waals surface area contributed by atoms with Crippen molar-refractivity contribution in [1.29, 1.82) is 0 Å². The fourth-order valence-electron chi connectivity index (χ4n) is 5.24. The van der Waals surface area contributed by atoms with Crippen LogP contribution >= 0.6 is 0 Å². The molecule has 1 aliphatic rings. The highest BCUT2D eigenvalue weighted by molar-refractivity contribution is 5.70. The van der Waals surface area contributed by atoms with E-state index in [0.717, 1.165) is 48.6 Å². The van der Waals surface area contributed by atoms with Gasteiger partial charge in [0.15, 0.2) is 0 Å². The number of aromatic nitrogens is 3. The lowest BCUT2D eigenvalue weighted by atomic mass is 9.77. The summed E-state index contributed by atoms with van der Waals surface area (Å²) in [7, 11) is 1.90. The fraction of sp³-hybridized carbons (Fsp3) is 0.559. The van der Waals surface area contributed by atoms with Crippen molar-refractivity contribution in [3.8, 4) is 5.88 Å². The van der Waals surface area contributed by atoms with Crippen molar-refractivity contribution in [2.45, 2.75) is 97.3 Å². The molecule has 3 aromatic rings. The molecule has 41 heavy (non-hydrogen) atoms. The van der Waals surface area contributed by atoms with Crippen molar-refractivity contribution in [3.05, 3.63) is 70.0 Å². The maximum Gasteiger partial charge on any atom is 0.306 e. The summed E-state index contributed by atoms with van der Waals surface area (Å²) in [6.45, 7) is 17.1. The van der Waals surface area contributed by atoms with Crippen molar-refractivity contribution in [2.24, 2.45) is 7.05 Å². The Kier molecular flexibility index (Phi) is 9.45. The molecule has 0 saturated heterocycles. The number of esters is 1. The molecule has 0 saturated carbocycles. The zero-order valence-corrected chi connectivity index (χ0v) is 26.3. The van der Waals surface area contributed by atoms with Crippen LogP contribution in [0.15, 0.2) is 36.4 Å². The maximum atomic E-state index is 12.7. The van der Waals surface area contributed by atoms with E-state index >= 15 is 0 Å². The Labute approximate surface area is 246 Å². The normalized spacial score (nSPS) is 14.2. The summed E-state index contributed by atoms with van der Waals surface area (Å²) in [5, 5.41) is 8.17. The molecule has 4 rings (SSSR count). The van der Waals surface area contributed by atoms with Crippen molar-refractivity contribution < 1.29 is 14.3 Å². The van der Waals surface area contributed by atoms with Crippen LogP contribution in [0.5, 0.6) is 5.88 Å². The zero-order chi connectivity index (χ0) is 29.8. The number of rotatable bonds is 10. The molecule has 0 radical (unpaired) electrons. The number of hydrogen-bond donors (Lipinski definition) is 1. The van der Waals surface area contributed by atoms with Crippen LogP contribution in [-0.2, 0) is 46.7 Å². The summed E-state index contributed by atoms with van der Waals surface area (Å²) in [6, 6.07) is 13.1. The first kappa shape index (κ1) is 30.6. The number of nitrogens with zero attached hydrogens (tertiary/aromatic N) is 3. The van der Waals surface area contributed by atoms with Crippen LogP contribution in [0, 0.1) is 0 Å². The first-order chi connectivity index (χ1) is 19.3. The third-order valence-corrected chi connectivity index (χ3v) is 7.78. The number of nitrogens with one attached hydrogen (secondary N) is 1. The van der Waals surface area contributed by atoms with Crippen LogP contribution in [-0.4, -0.2) is 40.5 Å². The summed E-state index contributed by atoms with van der Waals surface area (Å²) in [4.78, 5) is 17.5. The quantitative estimate of drug-likeness (QED) is 0.279. The summed E-state index contributed by atoms with van der Waals surface area (Å²) in [6.07, 6.45) is 3.87. The van der Waals surface area contributed by atoms with Crippen molar-refractivity contribution >= 4 is 11.8 Å². The van der Waals surface area contributed by atoms with E-state index < -0.39 is 0 Å². The molecule has 1 atom stereocenters. The molecule has 222 valence electrons. The Hall–Kier alpha value is -3.35. The molecule has 1 unspecified atom stereocenters. The third-order valence-electron chi connectivity index (χ3n) is 7.78. The average Bonchev–Trinajstić information content (AvgIpc) is 3.25. The predicted molar refractivity (Wildman–Crippen MR) is 165 cm³/mol. The van der Waals surface area contributed by atoms with Crippen LogP contribution < -0.4 is 10.1 Å². The Morgan fingerprint density at radius 2 is 1.73 bits per heavy atom. The minimum absolute atomic E-state index is 0.0144. The van der Waals surface area contributed by atoms with Crippen molar-refractivity contribution in [2.75, 3.05) is 25.1 Å². The van der Waals surface area contributed by atoms with Gasteiger partial charge in [0.1, 0.15) is 5.82 Å². The van der Waals surface area contributed by atoms with Gasteiger partial charge in [0.05, 0.1) is 25.3 Å². The SMILES string of the molecule is CCOC(=O)CC(Cc1cc(OCCc2ccc3c(n2)NCCC3)n(C)n1)c1cc(C(C)(C)C)cc(C(C)(C)C)c1. The first-order valence-electron chi connectivity index (χ1n) is 15.0. The average molecular weight is 561 g/mol. The van der Waals surface area contributed by atoms with Gasteiger partial charge >= 0.3 is 5.97 Å². The van der Waals surface area contributed by atoms with E-state index in [2.05, 4.69) is 77.2 Å². The van der Waals surface area contributed by atoms with Crippen LogP contribution in [0.4, 0.5) is 5.82 Å². The van der Waals surface area contributed by atoms with Gasteiger partial charge in [0, 0.05) is 31.8 Å². The van der Waals surface area contributed by atoms with E-state index in [1.165, 1.54) is 16.7 Å². The predicted octanol–water partition coefficient (Wildman–Crippen LogP) is 6.67. The van der Waals surface area contributed by atoms with Gasteiger partial charge in [-0.2, -0.15) is 5.10 Å². The molecule has 1 N–H and O–H groups in total. The van der Waals surface area contributed by atoms with Crippen LogP contribution in [0.25, 0.3) is 0 Å². The second kappa shape index (κ2) is 12.7. The molecule has 7 nitrogen and oxygen atoms in total. The highest BCUT2D eigenvalue weighted by atomic mass is 16.5. The summed E-state index contributed by atoms with van der Waals surface area (Å²) in [5.74, 6) is 1.47. The third kappa shape index (κ3) is 8.11. The molecule has 1 aromatic carbocycles. The second-order valence-electron chi connectivity index (χ2n) is 13.3. The Morgan fingerprint density at radius 1 is 1.02 bits per heavy atom. The Balaban J connectivity index is 1.53. The van der Waals surface area contributed by atoms with Gasteiger partial charge in [0.25, 0.3) is 0 Å². The number of fused-ring (bicyclic) bond motifs is 1. The maximum absolute atomic E-state index is 12.7. The highest BCUT2D eigenvalue weighted by Gasteiger charge is 2.26. The lowest BCUT2D eigenvalue weighted by Gasteiger charge is -2.28. The summed E-state index contributed by atoms with van der Waals surface area (Å²) < 4.78 is 13.3. The topological polar surface area (TPSA) is 78.3 Å². The molecular weight excluding hydrogens is 512 g/mol. The van der Waals surface area contributed by atoms with Gasteiger partial charge in [-0.15, -0.1) is 0 Å². The molecule has 0 spiro atoms. The number of carbonyl (C=O) groups is 1. The summed E-state index contributed by atoms with van der Waals surface area (Å²) >= 11 is 0. The lowest BCUT2D eigenvalue weighted by Crippen LogP contribution is -2.19. The summed E-state index contributed by atoms with van der Waals surface area (Å²) in [5.41, 5.74) is 6.86. The first-order valence-corrected chi connectivity index (χ1v) is 15.0. The molecule has 0 amide bonds. The molecule has 0 aliphatic carbocycles. The number of anilines is 1. The standard InChI is InChI=1S/C34H48N4O3/c1-9-40-31(39)20-25(24-17-26(33(2,3)4)21-27(18-24)34(5,6)7)19-29-22-30(38(8)37-29)41-16-14-28-13-12-23-11-10-15-35-32(23)36-28/h12-13,17-18,21-22,25H,9-11,14-16,19-20H2,1-8H3,(H,35,36). The van der Waals surface area contributed by atoms with Gasteiger partial charge in [-0.05, 0) is 71.3 Å². The van der Waals surface area contributed by atoms with E-state index in [9.17, 15) is 4.79 Å². The van der Waals surface area contributed by atoms with E-state index in [1.54, 1.807) is 4.68 Å². The number of hydrogen-bond acceptors (Lipinski definition) is 6. The van der Waals surface area contributed by atoms with Gasteiger partial charge in [0.2, 0.25) is 5.88 Å². The molecule has 3 heterocycles. The number of ether oxygens (including phenoxy) is 2. The van der Waals surface area contributed by atoms with Gasteiger partial charge in [-0.25, -0.2) is 9.67 Å². The van der Waals surface area contributed by atoms with Crippen molar-refractivity contribution in [1.82, 2.24) is 14.8 Å². The molecular formula is C34H48N4O3. The lowest BCUT2D eigenvalue weighted by molar-refractivity contribution is -0.143. The Morgan fingerprint density at radius 3 is 2.39 bits per heavy atom. The number of pyridine rings is 1. The highest BCUT2D eigenvalue weighted by Crippen LogP contribution is 2.35. The van der Waals surface area contributed by atoms with Crippen LogP contribution in [0.1, 0.15) is 101 Å². The molecule has 0 fully saturated rings. The molecule has 2 aromatic heterocycles. The number of aryl methyl sites for hydroxylation is 2. The van der Waals surface area contributed by atoms with Crippen LogP contribution in [0.3, 0.4) is 0 Å². The van der Waals surface area contributed by atoms with E-state index in [4.69, 9.17) is 19.6 Å². The number of carbonyl (C=O) groups excluding carboxylic acids is 1. The van der Waals surface area contributed by atoms with Gasteiger partial charge in [-0.1, -0.05) is 65.8 Å².